The molecule has 2 aliphatic carbocycles. The van der Waals surface area contributed by atoms with Gasteiger partial charge in [-0.3, -0.25) is 0 Å². The van der Waals surface area contributed by atoms with Crippen LogP contribution in [-0.4, -0.2) is 15.0 Å². The molecule has 0 amide bonds. The summed E-state index contributed by atoms with van der Waals surface area (Å²) in [6, 6.07) is 67.8. The van der Waals surface area contributed by atoms with Gasteiger partial charge in [-0.05, 0) is 73.8 Å². The van der Waals surface area contributed by atoms with Crippen LogP contribution in [0.3, 0.4) is 0 Å². The smallest absolute Gasteiger partial charge is 0.164 e. The van der Waals surface area contributed by atoms with Gasteiger partial charge in [0.1, 0.15) is 0 Å². The van der Waals surface area contributed by atoms with Crippen molar-refractivity contribution in [2.75, 3.05) is 0 Å². The van der Waals surface area contributed by atoms with E-state index in [9.17, 15) is 0 Å². The van der Waals surface area contributed by atoms with Crippen molar-refractivity contribution in [3.8, 4) is 67.5 Å². The third-order valence-corrected chi connectivity index (χ3v) is 13.0. The minimum absolute atomic E-state index is 0.449. The van der Waals surface area contributed by atoms with E-state index in [1.165, 1.54) is 70.2 Å². The highest BCUT2D eigenvalue weighted by Gasteiger charge is 2.51. The Balaban J connectivity index is 1.06. The number of rotatable bonds is 4. The number of aromatic nitrogens is 3. The maximum atomic E-state index is 5.29. The van der Waals surface area contributed by atoms with E-state index in [1.54, 1.807) is 0 Å². The molecule has 12 rings (SSSR count). The van der Waals surface area contributed by atoms with Gasteiger partial charge in [-0.2, -0.15) is 0 Å². The molecule has 56 heavy (non-hydrogen) atoms. The van der Waals surface area contributed by atoms with E-state index in [-0.39, 0.29) is 0 Å². The van der Waals surface area contributed by atoms with Crippen molar-refractivity contribution in [2.24, 2.45) is 0 Å². The highest BCUT2D eigenvalue weighted by Crippen LogP contribution is 2.63. The number of thiophene rings is 1. The van der Waals surface area contributed by atoms with Gasteiger partial charge in [0, 0.05) is 36.9 Å². The summed E-state index contributed by atoms with van der Waals surface area (Å²) >= 11 is 1.85. The van der Waals surface area contributed by atoms with E-state index in [4.69, 9.17) is 15.0 Å². The lowest BCUT2D eigenvalue weighted by Gasteiger charge is -2.30. The Hall–Kier alpha value is -7.01. The van der Waals surface area contributed by atoms with Gasteiger partial charge in [-0.15, -0.1) is 11.3 Å². The summed E-state index contributed by atoms with van der Waals surface area (Å²) in [6.07, 6.45) is 0. The molecule has 0 aliphatic heterocycles. The lowest BCUT2D eigenvalue weighted by atomic mass is 9.70. The molecule has 4 heteroatoms. The fourth-order valence-electron chi connectivity index (χ4n) is 9.38. The van der Waals surface area contributed by atoms with E-state index in [2.05, 4.69) is 170 Å². The maximum absolute atomic E-state index is 5.29. The molecular formula is C52H31N3S. The molecule has 2 heterocycles. The van der Waals surface area contributed by atoms with Gasteiger partial charge in [0.2, 0.25) is 0 Å². The second kappa shape index (κ2) is 12.0. The van der Waals surface area contributed by atoms with Crippen molar-refractivity contribution in [1.82, 2.24) is 15.0 Å². The minimum Gasteiger partial charge on any atom is -0.208 e. The fourth-order valence-corrected chi connectivity index (χ4v) is 10.6. The summed E-state index contributed by atoms with van der Waals surface area (Å²) in [4.78, 5) is 15.6. The molecule has 0 unspecified atom stereocenters. The van der Waals surface area contributed by atoms with Crippen LogP contribution in [0.4, 0.5) is 0 Å². The van der Waals surface area contributed by atoms with Gasteiger partial charge in [-0.25, -0.2) is 15.0 Å². The quantitative estimate of drug-likeness (QED) is 0.181. The first-order chi connectivity index (χ1) is 27.8. The van der Waals surface area contributed by atoms with Gasteiger partial charge in [0.05, 0.1) is 5.41 Å². The molecule has 0 bridgehead atoms. The Bertz CT molecular complexity index is 3150. The zero-order chi connectivity index (χ0) is 36.8. The molecule has 1 spiro atoms. The first-order valence-electron chi connectivity index (χ1n) is 19.0. The van der Waals surface area contributed by atoms with E-state index < -0.39 is 5.41 Å². The molecular weight excluding hydrogens is 699 g/mol. The fraction of sp³-hybridized carbons (Fsp3) is 0.0192. The van der Waals surface area contributed by atoms with E-state index >= 15 is 0 Å². The Morgan fingerprint density at radius 1 is 0.321 bits per heavy atom. The molecule has 260 valence electrons. The largest absolute Gasteiger partial charge is 0.208 e. The summed E-state index contributed by atoms with van der Waals surface area (Å²) in [7, 11) is 0. The summed E-state index contributed by atoms with van der Waals surface area (Å²) in [5, 5.41) is 2.58. The van der Waals surface area contributed by atoms with Crippen LogP contribution in [0.25, 0.3) is 87.7 Å². The summed E-state index contributed by atoms with van der Waals surface area (Å²) < 4.78 is 2.58. The van der Waals surface area contributed by atoms with E-state index in [0.29, 0.717) is 17.5 Å². The van der Waals surface area contributed by atoms with Crippen LogP contribution >= 0.6 is 11.3 Å². The van der Waals surface area contributed by atoms with Crippen molar-refractivity contribution in [2.45, 2.75) is 5.41 Å². The van der Waals surface area contributed by atoms with Crippen LogP contribution < -0.4 is 0 Å². The highest BCUT2D eigenvalue weighted by atomic mass is 32.1. The SMILES string of the molecule is c1ccc(-c2nc(-c3cccc(-c4cccc5c4sc4ccccc45)c3)nc(-c3ccc4c(c3)C3(c5ccccc5-c5ccccc53)c3ccccc3-4)n2)cc1. The first kappa shape index (κ1) is 31.4. The van der Waals surface area contributed by atoms with Gasteiger partial charge >= 0.3 is 0 Å². The third kappa shape index (κ3) is 4.42. The molecule has 8 aromatic carbocycles. The summed E-state index contributed by atoms with van der Waals surface area (Å²) in [6.45, 7) is 0. The van der Waals surface area contributed by atoms with Crippen LogP contribution in [0.15, 0.2) is 188 Å². The number of hydrogen-bond acceptors (Lipinski definition) is 4. The van der Waals surface area contributed by atoms with Crippen molar-refractivity contribution in [3.63, 3.8) is 0 Å². The van der Waals surface area contributed by atoms with E-state index in [0.717, 1.165) is 22.3 Å². The zero-order valence-corrected chi connectivity index (χ0v) is 31.0. The number of benzene rings is 8. The van der Waals surface area contributed by atoms with Crippen molar-refractivity contribution >= 4 is 31.5 Å². The van der Waals surface area contributed by atoms with Crippen LogP contribution in [0.1, 0.15) is 22.3 Å². The molecule has 0 radical (unpaired) electrons. The van der Waals surface area contributed by atoms with Gasteiger partial charge in [-0.1, -0.05) is 170 Å². The Kier molecular flexibility index (Phi) is 6.72. The van der Waals surface area contributed by atoms with Crippen LogP contribution in [-0.2, 0) is 5.41 Å². The molecule has 0 fully saturated rings. The molecule has 2 aromatic heterocycles. The molecule has 0 atom stereocenters. The summed E-state index contributed by atoms with van der Waals surface area (Å²) in [5.74, 6) is 1.95. The number of hydrogen-bond donors (Lipinski definition) is 0. The van der Waals surface area contributed by atoms with Crippen LogP contribution in [0.2, 0.25) is 0 Å². The van der Waals surface area contributed by atoms with E-state index in [1.807, 2.05) is 29.5 Å². The maximum Gasteiger partial charge on any atom is 0.164 e. The minimum atomic E-state index is -0.449. The monoisotopic (exact) mass is 729 g/mol. The second-order valence-electron chi connectivity index (χ2n) is 14.7. The summed E-state index contributed by atoms with van der Waals surface area (Å²) in [5.41, 5.74) is 15.1. The predicted molar refractivity (Wildman–Crippen MR) is 231 cm³/mol. The highest BCUT2D eigenvalue weighted by molar-refractivity contribution is 7.26. The molecule has 0 saturated heterocycles. The van der Waals surface area contributed by atoms with Crippen LogP contribution in [0.5, 0.6) is 0 Å². The normalized spacial score (nSPS) is 13.1. The molecule has 10 aromatic rings. The average Bonchev–Trinajstić information content (AvgIpc) is 3.91. The standard InChI is InChI=1S/C52H31N3S/c1-2-14-32(15-3-1)49-53-50(34-17-12-16-33(30-34)36-22-13-23-42-41-21-7-11-27-47(41)56-48(36)42)55-51(54-49)35-28-29-40-39-20-6-10-26-45(39)52(46(40)31-35)43-24-8-4-18-37(43)38-19-5-9-25-44(38)52/h1-31H. The third-order valence-electron chi connectivity index (χ3n) is 11.8. The van der Waals surface area contributed by atoms with Gasteiger partial charge < -0.3 is 0 Å². The number of fused-ring (bicyclic) bond motifs is 13. The van der Waals surface area contributed by atoms with Crippen molar-refractivity contribution < 1.29 is 0 Å². The predicted octanol–water partition coefficient (Wildman–Crippen LogP) is 13.3. The van der Waals surface area contributed by atoms with Crippen LogP contribution in [0, 0.1) is 0 Å². The van der Waals surface area contributed by atoms with Gasteiger partial charge in [0.25, 0.3) is 0 Å². The molecule has 0 N–H and O–H groups in total. The van der Waals surface area contributed by atoms with Gasteiger partial charge in [0.15, 0.2) is 17.5 Å². The Morgan fingerprint density at radius 3 is 1.50 bits per heavy atom. The lowest BCUT2D eigenvalue weighted by Crippen LogP contribution is -2.25. The average molecular weight is 730 g/mol. The molecule has 0 saturated carbocycles. The van der Waals surface area contributed by atoms with Crippen molar-refractivity contribution in [3.05, 3.63) is 210 Å². The zero-order valence-electron chi connectivity index (χ0n) is 30.1. The second-order valence-corrected chi connectivity index (χ2v) is 15.7. The first-order valence-corrected chi connectivity index (χ1v) is 19.8. The molecule has 2 aliphatic rings. The topological polar surface area (TPSA) is 38.7 Å². The number of nitrogens with zero attached hydrogens (tertiary/aromatic N) is 3. The molecule has 3 nitrogen and oxygen atoms in total. The Morgan fingerprint density at radius 2 is 0.804 bits per heavy atom. The lowest BCUT2D eigenvalue weighted by molar-refractivity contribution is 0.794. The Labute approximate surface area is 328 Å². The van der Waals surface area contributed by atoms with Crippen molar-refractivity contribution in [1.29, 1.82) is 0 Å².